The number of aromatic nitrogens is 4. The van der Waals surface area contributed by atoms with Gasteiger partial charge in [0.25, 0.3) is 0 Å². The highest BCUT2D eigenvalue weighted by atomic mass is 16.5. The van der Waals surface area contributed by atoms with Gasteiger partial charge in [-0.1, -0.05) is 70.5 Å². The minimum atomic E-state index is 0.0844. The summed E-state index contributed by atoms with van der Waals surface area (Å²) in [5.74, 6) is 2.50. The Hall–Kier alpha value is -5.16. The molecule has 0 fully saturated rings. The third-order valence-corrected chi connectivity index (χ3v) is 10.1. The number of hydrogen-bond donors (Lipinski definition) is 0. The van der Waals surface area contributed by atoms with Gasteiger partial charge in [-0.05, 0) is 116 Å². The van der Waals surface area contributed by atoms with E-state index in [2.05, 4.69) is 149 Å². The van der Waals surface area contributed by atoms with E-state index in [1.54, 1.807) is 0 Å². The van der Waals surface area contributed by atoms with Crippen LogP contribution in [0.3, 0.4) is 0 Å². The number of aryl methyl sites for hydroxylation is 3. The maximum absolute atomic E-state index is 6.76. The third-order valence-electron chi connectivity index (χ3n) is 10.1. The Kier molecular flexibility index (Phi) is 8.62. The van der Waals surface area contributed by atoms with Gasteiger partial charge in [0, 0.05) is 40.4 Å². The molecule has 248 valence electrons. The number of hydrogen-bond acceptors (Lipinski definition) is 3. The summed E-state index contributed by atoms with van der Waals surface area (Å²) in [5.41, 5.74) is 11.6. The van der Waals surface area contributed by atoms with Crippen molar-refractivity contribution in [2.45, 2.75) is 79.6 Å². The highest BCUT2D eigenvalue weighted by Gasteiger charge is 2.22. The number of benzene rings is 4. The van der Waals surface area contributed by atoms with E-state index in [1.165, 1.54) is 38.6 Å². The fraction of sp³-hybridized carbons (Fsp3) is 0.273. The molecular formula is C44H46N4O. The molecule has 0 aliphatic carbocycles. The first-order valence-electron chi connectivity index (χ1n) is 17.6. The number of rotatable bonds is 10. The lowest BCUT2D eigenvalue weighted by atomic mass is 9.82. The van der Waals surface area contributed by atoms with Gasteiger partial charge in [-0.3, -0.25) is 4.57 Å². The second-order valence-corrected chi connectivity index (χ2v) is 14.0. The average Bonchev–Trinajstić information content (AvgIpc) is 3.59. The second-order valence-electron chi connectivity index (χ2n) is 14.0. The van der Waals surface area contributed by atoms with E-state index in [1.807, 2.05) is 12.3 Å². The molecule has 0 N–H and O–H groups in total. The number of fused-ring (bicyclic) bond motifs is 3. The van der Waals surface area contributed by atoms with Gasteiger partial charge < -0.3 is 4.74 Å². The SMILES string of the molecule is CCCCc1cc(Oc2ccc3c4cc(C(C)(C)CC)ccc4n(-c4cc(C)ccn4)c3c2)cc(-n2nc(C)c(-c3ccccc3)c2C)c1. The lowest BCUT2D eigenvalue weighted by molar-refractivity contribution is 0.482. The highest BCUT2D eigenvalue weighted by molar-refractivity contribution is 6.09. The van der Waals surface area contributed by atoms with Gasteiger partial charge in [0.2, 0.25) is 0 Å². The molecule has 3 aromatic heterocycles. The Morgan fingerprint density at radius 1 is 0.755 bits per heavy atom. The summed E-state index contributed by atoms with van der Waals surface area (Å²) >= 11 is 0. The molecule has 0 bridgehead atoms. The molecule has 4 aromatic carbocycles. The Morgan fingerprint density at radius 3 is 2.33 bits per heavy atom. The summed E-state index contributed by atoms with van der Waals surface area (Å²) in [6, 6.07) is 34.7. The molecule has 7 aromatic rings. The normalized spacial score (nSPS) is 11.9. The molecule has 7 rings (SSSR count). The number of unbranched alkanes of at least 4 members (excludes halogenated alkanes) is 1. The smallest absolute Gasteiger partial charge is 0.137 e. The van der Waals surface area contributed by atoms with E-state index in [0.29, 0.717) is 0 Å². The van der Waals surface area contributed by atoms with E-state index < -0.39 is 0 Å². The van der Waals surface area contributed by atoms with Crippen LogP contribution in [-0.4, -0.2) is 19.3 Å². The van der Waals surface area contributed by atoms with Gasteiger partial charge in [0.1, 0.15) is 17.3 Å². The molecule has 0 unspecified atom stereocenters. The van der Waals surface area contributed by atoms with Gasteiger partial charge >= 0.3 is 0 Å². The van der Waals surface area contributed by atoms with Gasteiger partial charge in [0.05, 0.1) is 22.4 Å². The lowest BCUT2D eigenvalue weighted by Crippen LogP contribution is -2.15. The molecule has 3 heterocycles. The van der Waals surface area contributed by atoms with E-state index in [-0.39, 0.29) is 5.41 Å². The summed E-state index contributed by atoms with van der Waals surface area (Å²) in [5, 5.41) is 7.44. The van der Waals surface area contributed by atoms with Crippen molar-refractivity contribution < 1.29 is 4.74 Å². The van der Waals surface area contributed by atoms with Crippen LogP contribution in [0.1, 0.15) is 75.0 Å². The van der Waals surface area contributed by atoms with Crippen LogP contribution in [0.15, 0.2) is 103 Å². The molecule has 0 atom stereocenters. The first-order valence-corrected chi connectivity index (χ1v) is 17.6. The maximum atomic E-state index is 6.76. The Balaban J connectivity index is 1.35. The summed E-state index contributed by atoms with van der Waals surface area (Å²) in [6.07, 6.45) is 6.18. The van der Waals surface area contributed by atoms with Gasteiger partial charge in [-0.15, -0.1) is 0 Å². The standard InChI is InChI=1S/C44H46N4O/c1-8-10-14-32-24-35(48-31(5)43(30(4)46-48)33-15-12-11-13-16-33)27-37(25-32)49-36-18-19-38-39-26-34(44(6,7)9-2)17-20-40(39)47(41(38)28-36)42-23-29(3)21-22-45-42/h11-13,15-28H,8-10,14H2,1-7H3. The van der Waals surface area contributed by atoms with Crippen molar-refractivity contribution in [3.8, 4) is 34.1 Å². The first kappa shape index (κ1) is 32.4. The highest BCUT2D eigenvalue weighted by Crippen LogP contribution is 2.39. The molecule has 49 heavy (non-hydrogen) atoms. The largest absolute Gasteiger partial charge is 0.457 e. The molecule has 0 aliphatic heterocycles. The van der Waals surface area contributed by atoms with Crippen molar-refractivity contribution in [3.05, 3.63) is 131 Å². The van der Waals surface area contributed by atoms with E-state index >= 15 is 0 Å². The predicted octanol–water partition coefficient (Wildman–Crippen LogP) is 11.8. The molecule has 0 amide bonds. The quantitative estimate of drug-likeness (QED) is 0.149. The zero-order valence-electron chi connectivity index (χ0n) is 29.8. The second kappa shape index (κ2) is 13.0. The van der Waals surface area contributed by atoms with Crippen molar-refractivity contribution in [1.29, 1.82) is 0 Å². The van der Waals surface area contributed by atoms with Crippen LogP contribution < -0.4 is 4.74 Å². The monoisotopic (exact) mass is 646 g/mol. The van der Waals surface area contributed by atoms with E-state index in [4.69, 9.17) is 14.8 Å². The molecular weight excluding hydrogens is 601 g/mol. The average molecular weight is 647 g/mol. The lowest BCUT2D eigenvalue weighted by Gasteiger charge is -2.23. The van der Waals surface area contributed by atoms with Gasteiger partial charge in [-0.25, -0.2) is 9.67 Å². The van der Waals surface area contributed by atoms with Gasteiger partial charge in [-0.2, -0.15) is 5.10 Å². The fourth-order valence-corrected chi connectivity index (χ4v) is 6.98. The molecule has 5 nitrogen and oxygen atoms in total. The Morgan fingerprint density at radius 2 is 1.57 bits per heavy atom. The van der Waals surface area contributed by atoms with Crippen LogP contribution in [0, 0.1) is 20.8 Å². The number of nitrogens with zero attached hydrogens (tertiary/aromatic N) is 4. The zero-order chi connectivity index (χ0) is 34.3. The van der Waals surface area contributed by atoms with Crippen LogP contribution >= 0.6 is 0 Å². The Labute approximate surface area is 290 Å². The summed E-state index contributed by atoms with van der Waals surface area (Å²) < 4.78 is 11.1. The Bertz CT molecular complexity index is 2290. The molecule has 0 aliphatic rings. The van der Waals surface area contributed by atoms with Crippen molar-refractivity contribution in [3.63, 3.8) is 0 Å². The minimum Gasteiger partial charge on any atom is -0.457 e. The molecule has 0 spiro atoms. The van der Waals surface area contributed by atoms with Crippen LogP contribution in [0.5, 0.6) is 11.5 Å². The number of pyridine rings is 1. The van der Waals surface area contributed by atoms with Crippen molar-refractivity contribution >= 4 is 21.8 Å². The van der Waals surface area contributed by atoms with Crippen molar-refractivity contribution in [1.82, 2.24) is 19.3 Å². The molecule has 0 saturated heterocycles. The van der Waals surface area contributed by atoms with E-state index in [0.717, 1.165) is 71.1 Å². The minimum absolute atomic E-state index is 0.0844. The van der Waals surface area contributed by atoms with Gasteiger partial charge in [0.15, 0.2) is 0 Å². The molecule has 0 saturated carbocycles. The predicted molar refractivity (Wildman–Crippen MR) is 204 cm³/mol. The van der Waals surface area contributed by atoms with Crippen LogP contribution in [-0.2, 0) is 11.8 Å². The topological polar surface area (TPSA) is 44.9 Å². The van der Waals surface area contributed by atoms with Crippen molar-refractivity contribution in [2.75, 3.05) is 0 Å². The molecule has 0 radical (unpaired) electrons. The third kappa shape index (κ3) is 6.14. The van der Waals surface area contributed by atoms with Crippen LogP contribution in [0.2, 0.25) is 0 Å². The maximum Gasteiger partial charge on any atom is 0.137 e. The first-order chi connectivity index (χ1) is 23.7. The van der Waals surface area contributed by atoms with Crippen LogP contribution in [0.25, 0.3) is 44.4 Å². The summed E-state index contributed by atoms with van der Waals surface area (Å²) in [6.45, 7) is 15.5. The van der Waals surface area contributed by atoms with E-state index in [9.17, 15) is 0 Å². The summed E-state index contributed by atoms with van der Waals surface area (Å²) in [7, 11) is 0. The van der Waals surface area contributed by atoms with Crippen LogP contribution in [0.4, 0.5) is 0 Å². The van der Waals surface area contributed by atoms with Crippen molar-refractivity contribution in [2.24, 2.45) is 0 Å². The fourth-order valence-electron chi connectivity index (χ4n) is 6.98. The summed E-state index contributed by atoms with van der Waals surface area (Å²) in [4.78, 5) is 4.82. The zero-order valence-corrected chi connectivity index (χ0v) is 29.8. The number of ether oxygens (including phenoxy) is 1. The molecule has 5 heteroatoms.